The fourth-order valence-corrected chi connectivity index (χ4v) is 1.31. The summed E-state index contributed by atoms with van der Waals surface area (Å²) in [6, 6.07) is -1.11. The highest BCUT2D eigenvalue weighted by molar-refractivity contribution is 5.72. The number of hydrogen-bond donors (Lipinski definition) is 5. The van der Waals surface area contributed by atoms with Gasteiger partial charge in [-0.15, -0.1) is 0 Å². The maximum Gasteiger partial charge on any atom is 0.305 e. The number of hydroxylamine groups is 1. The van der Waals surface area contributed by atoms with Crippen LogP contribution in [0, 0.1) is 5.92 Å². The normalized spacial score (nSPS) is 12.4. The Hall–Kier alpha value is -1.67. The molecule has 1 atom stereocenters. The number of hydrogen-bond acceptors (Lipinski definition) is 5. The lowest BCUT2D eigenvalue weighted by molar-refractivity contribution is -0.145. The molecular weight excluding hydrogens is 222 g/mol. The average Bonchev–Trinajstić information content (AvgIpc) is 2.11. The molecule has 0 aromatic carbocycles. The van der Waals surface area contributed by atoms with Crippen molar-refractivity contribution in [2.45, 2.75) is 25.3 Å². The Labute approximate surface area is 90.5 Å². The maximum absolute atomic E-state index is 10.4. The van der Waals surface area contributed by atoms with Crippen LogP contribution >= 0.6 is 0 Å². The zero-order chi connectivity index (χ0) is 12.7. The van der Waals surface area contributed by atoms with Crippen LogP contribution in [0.5, 0.6) is 0 Å². The second-order valence-corrected chi connectivity index (χ2v) is 3.29. The predicted molar refractivity (Wildman–Crippen MR) is 49.0 cm³/mol. The Bertz CT molecular complexity index is 262. The van der Waals surface area contributed by atoms with Crippen LogP contribution in [0.1, 0.15) is 19.3 Å². The van der Waals surface area contributed by atoms with Crippen LogP contribution in [0.25, 0.3) is 0 Å². The molecule has 0 radical (unpaired) electrons. The van der Waals surface area contributed by atoms with Gasteiger partial charge in [0.15, 0.2) is 0 Å². The molecule has 0 rings (SSSR count). The second-order valence-electron chi connectivity index (χ2n) is 3.29. The summed E-state index contributed by atoms with van der Waals surface area (Å²) < 4.78 is 0. The van der Waals surface area contributed by atoms with Crippen molar-refractivity contribution in [1.82, 2.24) is 5.48 Å². The molecule has 0 saturated carbocycles. The minimum atomic E-state index is -1.26. The van der Waals surface area contributed by atoms with Crippen LogP contribution in [0.15, 0.2) is 0 Å². The first-order valence-corrected chi connectivity index (χ1v) is 4.41. The molecule has 0 heterocycles. The molecule has 0 aliphatic rings. The topological polar surface area (TPSA) is 144 Å². The first-order chi connectivity index (χ1) is 7.36. The third-order valence-corrected chi connectivity index (χ3v) is 2.00. The number of aliphatic carboxylic acids is 3. The van der Waals surface area contributed by atoms with E-state index in [0.717, 1.165) is 0 Å². The average molecular weight is 235 g/mol. The largest absolute Gasteiger partial charge is 0.481 e. The van der Waals surface area contributed by atoms with Gasteiger partial charge >= 0.3 is 17.9 Å². The van der Waals surface area contributed by atoms with Crippen LogP contribution in [-0.2, 0) is 14.4 Å². The van der Waals surface area contributed by atoms with E-state index in [1.54, 1.807) is 5.48 Å². The van der Waals surface area contributed by atoms with Crippen molar-refractivity contribution >= 4 is 17.9 Å². The Kier molecular flexibility index (Phi) is 6.04. The van der Waals surface area contributed by atoms with E-state index >= 15 is 0 Å². The van der Waals surface area contributed by atoms with Crippen LogP contribution in [0.4, 0.5) is 0 Å². The summed E-state index contributed by atoms with van der Waals surface area (Å²) in [5.41, 5.74) is 1.64. The lowest BCUT2D eigenvalue weighted by Gasteiger charge is -2.21. The quantitative estimate of drug-likeness (QED) is 0.350. The number of carboxylic acids is 3. The summed E-state index contributed by atoms with van der Waals surface area (Å²) in [7, 11) is 0. The molecule has 0 aliphatic heterocycles. The number of rotatable bonds is 8. The van der Waals surface area contributed by atoms with Gasteiger partial charge in [0.2, 0.25) is 0 Å². The monoisotopic (exact) mass is 235 g/mol. The van der Waals surface area contributed by atoms with E-state index < -0.39 is 49.1 Å². The predicted octanol–water partition coefficient (Wildman–Crippen LogP) is -0.626. The van der Waals surface area contributed by atoms with Crippen LogP contribution in [-0.4, -0.2) is 44.5 Å². The molecule has 0 spiro atoms. The van der Waals surface area contributed by atoms with E-state index in [2.05, 4.69) is 0 Å². The van der Waals surface area contributed by atoms with Gasteiger partial charge in [-0.25, -0.2) is 5.48 Å². The molecule has 0 saturated heterocycles. The van der Waals surface area contributed by atoms with Crippen molar-refractivity contribution in [1.29, 1.82) is 0 Å². The molecule has 8 heteroatoms. The van der Waals surface area contributed by atoms with Crippen LogP contribution in [0.3, 0.4) is 0 Å². The van der Waals surface area contributed by atoms with E-state index in [1.807, 2.05) is 0 Å². The molecule has 0 aromatic rings. The summed E-state index contributed by atoms with van der Waals surface area (Å²) >= 11 is 0. The smallest absolute Gasteiger partial charge is 0.305 e. The molecule has 92 valence electrons. The lowest BCUT2D eigenvalue weighted by atomic mass is 9.91. The van der Waals surface area contributed by atoms with Gasteiger partial charge in [0, 0.05) is 6.04 Å². The zero-order valence-electron chi connectivity index (χ0n) is 8.29. The summed E-state index contributed by atoms with van der Waals surface area (Å²) in [5, 5.41) is 34.2. The first-order valence-electron chi connectivity index (χ1n) is 4.41. The minimum absolute atomic E-state index is 0.530. The fraction of sp³-hybridized carbons (Fsp3) is 0.625. The molecule has 0 bridgehead atoms. The van der Waals surface area contributed by atoms with Crippen molar-refractivity contribution in [3.8, 4) is 0 Å². The third kappa shape index (κ3) is 5.94. The summed E-state index contributed by atoms with van der Waals surface area (Å²) in [5.74, 6) is -4.75. The Morgan fingerprint density at radius 1 is 0.875 bits per heavy atom. The van der Waals surface area contributed by atoms with Gasteiger partial charge < -0.3 is 20.5 Å². The van der Waals surface area contributed by atoms with Crippen molar-refractivity contribution in [2.75, 3.05) is 0 Å². The van der Waals surface area contributed by atoms with E-state index in [1.165, 1.54) is 0 Å². The number of nitrogens with one attached hydrogen (secondary N) is 1. The lowest BCUT2D eigenvalue weighted by Crippen LogP contribution is -2.38. The van der Waals surface area contributed by atoms with E-state index in [-0.39, 0.29) is 0 Å². The van der Waals surface area contributed by atoms with Gasteiger partial charge in [-0.3, -0.25) is 14.4 Å². The van der Waals surface area contributed by atoms with E-state index in [4.69, 9.17) is 20.5 Å². The minimum Gasteiger partial charge on any atom is -0.481 e. The SMILES string of the molecule is O=C(O)CC(CC(=O)O)C(CC(=O)O)NO. The van der Waals surface area contributed by atoms with Gasteiger partial charge in [0.1, 0.15) is 0 Å². The molecule has 0 aliphatic carbocycles. The van der Waals surface area contributed by atoms with E-state index in [9.17, 15) is 14.4 Å². The second kappa shape index (κ2) is 6.75. The van der Waals surface area contributed by atoms with Crippen molar-refractivity contribution < 1.29 is 34.9 Å². The van der Waals surface area contributed by atoms with Gasteiger partial charge in [-0.05, 0) is 5.92 Å². The first kappa shape index (κ1) is 14.3. The molecule has 8 nitrogen and oxygen atoms in total. The maximum atomic E-state index is 10.4. The Morgan fingerprint density at radius 2 is 1.25 bits per heavy atom. The molecule has 0 aromatic heterocycles. The van der Waals surface area contributed by atoms with E-state index in [0.29, 0.717) is 0 Å². The summed E-state index contributed by atoms with van der Waals surface area (Å²) in [6.07, 6.45) is -1.61. The van der Waals surface area contributed by atoms with Crippen molar-refractivity contribution in [2.24, 2.45) is 5.92 Å². The van der Waals surface area contributed by atoms with Gasteiger partial charge in [0.25, 0.3) is 0 Å². The molecular formula is C8H13NO7. The van der Waals surface area contributed by atoms with Gasteiger partial charge in [0.05, 0.1) is 19.3 Å². The van der Waals surface area contributed by atoms with Crippen LogP contribution < -0.4 is 5.48 Å². The molecule has 16 heavy (non-hydrogen) atoms. The van der Waals surface area contributed by atoms with Crippen LogP contribution in [0.2, 0.25) is 0 Å². The van der Waals surface area contributed by atoms with Gasteiger partial charge in [-0.2, -0.15) is 0 Å². The Balaban J connectivity index is 4.60. The van der Waals surface area contributed by atoms with Gasteiger partial charge in [-0.1, -0.05) is 0 Å². The van der Waals surface area contributed by atoms with Crippen molar-refractivity contribution in [3.63, 3.8) is 0 Å². The third-order valence-electron chi connectivity index (χ3n) is 2.00. The standard InChI is InChI=1S/C8H13NO7/c10-6(11)1-4(2-7(12)13)5(9-16)3-8(14)15/h4-5,9,16H,1-3H2,(H,10,11)(H,12,13)(H,14,15). The highest BCUT2D eigenvalue weighted by Crippen LogP contribution is 2.16. The van der Waals surface area contributed by atoms with Crippen molar-refractivity contribution in [3.05, 3.63) is 0 Å². The molecule has 0 fully saturated rings. The highest BCUT2D eigenvalue weighted by Gasteiger charge is 2.27. The molecule has 5 N–H and O–H groups in total. The number of carbonyl (C=O) groups is 3. The zero-order valence-corrected chi connectivity index (χ0v) is 8.29. The summed E-state index contributed by atoms with van der Waals surface area (Å²) in [6.45, 7) is 0. The number of carboxylic acid groups (broad SMARTS) is 3. The summed E-state index contributed by atoms with van der Waals surface area (Å²) in [4.78, 5) is 31.3. The molecule has 1 unspecified atom stereocenters. The highest BCUT2D eigenvalue weighted by atomic mass is 16.5. The Morgan fingerprint density at radius 3 is 1.50 bits per heavy atom. The molecule has 0 amide bonds. The fourth-order valence-electron chi connectivity index (χ4n) is 1.31.